The minimum Gasteiger partial charge on any atom is -0.298 e. The first-order chi connectivity index (χ1) is 10.7. The van der Waals surface area contributed by atoms with Gasteiger partial charge in [-0.2, -0.15) is 5.10 Å². The Morgan fingerprint density at radius 3 is 2.36 bits per heavy atom. The van der Waals surface area contributed by atoms with Gasteiger partial charge in [0.1, 0.15) is 5.82 Å². The molecule has 1 heterocycles. The van der Waals surface area contributed by atoms with E-state index in [0.29, 0.717) is 0 Å². The number of halogens is 1. The third-order valence-corrected chi connectivity index (χ3v) is 3.48. The van der Waals surface area contributed by atoms with Crippen molar-refractivity contribution in [1.29, 1.82) is 0 Å². The fourth-order valence-corrected chi connectivity index (χ4v) is 2.43. The topological polar surface area (TPSA) is 21.1 Å². The highest BCUT2D eigenvalue weighted by Crippen LogP contribution is 2.11. The molecular formula is C18H18FN3. The van der Waals surface area contributed by atoms with E-state index in [1.807, 2.05) is 66.6 Å². The Kier molecular flexibility index (Phi) is 4.30. The molecule has 0 atom stereocenters. The number of rotatable bonds is 5. The second-order valence-corrected chi connectivity index (χ2v) is 5.43. The molecule has 2 aromatic carbocycles. The molecule has 3 nitrogen and oxygen atoms in total. The third kappa shape index (κ3) is 3.59. The van der Waals surface area contributed by atoms with Gasteiger partial charge < -0.3 is 0 Å². The van der Waals surface area contributed by atoms with Crippen LogP contribution in [0.1, 0.15) is 11.1 Å². The average Bonchev–Trinajstić information content (AvgIpc) is 2.99. The quantitative estimate of drug-likeness (QED) is 0.716. The molecule has 0 unspecified atom stereocenters. The number of para-hydroxylation sites is 1. The van der Waals surface area contributed by atoms with E-state index in [1.165, 1.54) is 12.1 Å². The van der Waals surface area contributed by atoms with Crippen LogP contribution in [0.25, 0.3) is 5.69 Å². The molecule has 0 spiro atoms. The molecule has 3 rings (SSSR count). The summed E-state index contributed by atoms with van der Waals surface area (Å²) in [5.41, 5.74) is 3.29. The van der Waals surface area contributed by atoms with Crippen LogP contribution in [0.3, 0.4) is 0 Å². The van der Waals surface area contributed by atoms with Crippen LogP contribution in [0.5, 0.6) is 0 Å². The van der Waals surface area contributed by atoms with E-state index in [-0.39, 0.29) is 5.82 Å². The number of hydrogen-bond acceptors (Lipinski definition) is 2. The normalized spacial score (nSPS) is 11.0. The molecule has 0 N–H and O–H groups in total. The summed E-state index contributed by atoms with van der Waals surface area (Å²) in [7, 11) is 2.04. The predicted molar refractivity (Wildman–Crippen MR) is 85.1 cm³/mol. The van der Waals surface area contributed by atoms with Gasteiger partial charge in [0.25, 0.3) is 0 Å². The lowest BCUT2D eigenvalue weighted by atomic mass is 10.2. The molecule has 22 heavy (non-hydrogen) atoms. The van der Waals surface area contributed by atoms with Gasteiger partial charge in [0.2, 0.25) is 0 Å². The Morgan fingerprint density at radius 2 is 1.64 bits per heavy atom. The largest absolute Gasteiger partial charge is 0.298 e. The summed E-state index contributed by atoms with van der Waals surface area (Å²) >= 11 is 0. The van der Waals surface area contributed by atoms with E-state index in [1.54, 1.807) is 0 Å². The summed E-state index contributed by atoms with van der Waals surface area (Å²) in [6, 6.07) is 16.7. The highest BCUT2D eigenvalue weighted by molar-refractivity contribution is 5.30. The van der Waals surface area contributed by atoms with Crippen molar-refractivity contribution in [2.24, 2.45) is 0 Å². The summed E-state index contributed by atoms with van der Waals surface area (Å²) in [5.74, 6) is -0.199. The molecule has 0 saturated carbocycles. The molecule has 0 saturated heterocycles. The van der Waals surface area contributed by atoms with Crippen molar-refractivity contribution >= 4 is 0 Å². The fraction of sp³-hybridized carbons (Fsp3) is 0.167. The minimum atomic E-state index is -0.199. The maximum atomic E-state index is 12.9. The van der Waals surface area contributed by atoms with Gasteiger partial charge in [-0.15, -0.1) is 0 Å². The molecule has 0 bridgehead atoms. The number of aromatic nitrogens is 2. The zero-order valence-electron chi connectivity index (χ0n) is 12.5. The monoisotopic (exact) mass is 295 g/mol. The number of benzene rings is 2. The lowest BCUT2D eigenvalue weighted by Gasteiger charge is -2.15. The van der Waals surface area contributed by atoms with E-state index >= 15 is 0 Å². The molecule has 3 aromatic rings. The van der Waals surface area contributed by atoms with Crippen LogP contribution in [-0.2, 0) is 13.1 Å². The summed E-state index contributed by atoms with van der Waals surface area (Å²) in [5, 5.41) is 4.40. The van der Waals surface area contributed by atoms with Gasteiger partial charge >= 0.3 is 0 Å². The fourth-order valence-electron chi connectivity index (χ4n) is 2.43. The van der Waals surface area contributed by atoms with Crippen molar-refractivity contribution in [2.75, 3.05) is 7.05 Å². The first-order valence-electron chi connectivity index (χ1n) is 7.23. The van der Waals surface area contributed by atoms with E-state index in [4.69, 9.17) is 0 Å². The molecule has 0 amide bonds. The summed E-state index contributed by atoms with van der Waals surface area (Å²) in [6.45, 7) is 1.57. The van der Waals surface area contributed by atoms with Crippen LogP contribution in [0.2, 0.25) is 0 Å². The molecule has 0 aliphatic carbocycles. The zero-order valence-corrected chi connectivity index (χ0v) is 12.5. The summed E-state index contributed by atoms with van der Waals surface area (Å²) in [4.78, 5) is 2.18. The molecule has 0 aliphatic heterocycles. The van der Waals surface area contributed by atoms with Crippen LogP contribution >= 0.6 is 0 Å². The van der Waals surface area contributed by atoms with Crippen molar-refractivity contribution < 1.29 is 4.39 Å². The zero-order chi connectivity index (χ0) is 15.4. The Balaban J connectivity index is 1.63. The summed E-state index contributed by atoms with van der Waals surface area (Å²) < 4.78 is 14.8. The highest BCUT2D eigenvalue weighted by atomic mass is 19.1. The van der Waals surface area contributed by atoms with Crippen LogP contribution < -0.4 is 0 Å². The molecule has 0 aliphatic rings. The number of nitrogens with zero attached hydrogens (tertiary/aromatic N) is 3. The third-order valence-electron chi connectivity index (χ3n) is 3.48. The van der Waals surface area contributed by atoms with Crippen molar-refractivity contribution in [3.05, 3.63) is 83.9 Å². The maximum Gasteiger partial charge on any atom is 0.123 e. The van der Waals surface area contributed by atoms with E-state index in [2.05, 4.69) is 10.00 Å². The van der Waals surface area contributed by atoms with Crippen molar-refractivity contribution in [2.45, 2.75) is 13.1 Å². The second-order valence-electron chi connectivity index (χ2n) is 5.43. The van der Waals surface area contributed by atoms with Crippen molar-refractivity contribution in [3.8, 4) is 5.69 Å². The Bertz CT molecular complexity index is 720. The number of hydrogen-bond donors (Lipinski definition) is 0. The van der Waals surface area contributed by atoms with Gasteiger partial charge in [-0.05, 0) is 36.9 Å². The summed E-state index contributed by atoms with van der Waals surface area (Å²) in [6.07, 6.45) is 3.92. The molecule has 1 aromatic heterocycles. The molecule has 4 heteroatoms. The molecule has 112 valence electrons. The van der Waals surface area contributed by atoms with Gasteiger partial charge in [-0.1, -0.05) is 30.3 Å². The predicted octanol–water partition coefficient (Wildman–Crippen LogP) is 3.64. The van der Waals surface area contributed by atoms with Gasteiger partial charge in [0, 0.05) is 24.8 Å². The Labute approximate surface area is 129 Å². The van der Waals surface area contributed by atoms with Gasteiger partial charge in [-0.25, -0.2) is 9.07 Å². The maximum absolute atomic E-state index is 12.9. The highest BCUT2D eigenvalue weighted by Gasteiger charge is 2.05. The first-order valence-corrected chi connectivity index (χ1v) is 7.23. The van der Waals surface area contributed by atoms with E-state index in [0.717, 1.165) is 29.9 Å². The second kappa shape index (κ2) is 6.54. The van der Waals surface area contributed by atoms with Gasteiger partial charge in [0.15, 0.2) is 0 Å². The first kappa shape index (κ1) is 14.5. The van der Waals surface area contributed by atoms with Gasteiger partial charge in [0.05, 0.1) is 11.9 Å². The van der Waals surface area contributed by atoms with Crippen LogP contribution in [0.15, 0.2) is 67.0 Å². The Morgan fingerprint density at radius 1 is 0.955 bits per heavy atom. The van der Waals surface area contributed by atoms with Crippen molar-refractivity contribution in [3.63, 3.8) is 0 Å². The minimum absolute atomic E-state index is 0.199. The van der Waals surface area contributed by atoms with Crippen LogP contribution in [-0.4, -0.2) is 21.7 Å². The van der Waals surface area contributed by atoms with Crippen molar-refractivity contribution in [1.82, 2.24) is 14.7 Å². The van der Waals surface area contributed by atoms with Gasteiger partial charge in [-0.3, -0.25) is 4.90 Å². The Hall–Kier alpha value is -2.46. The van der Waals surface area contributed by atoms with E-state index in [9.17, 15) is 4.39 Å². The standard InChI is InChI=1S/C18H18FN3/c1-21(12-15-7-9-17(19)10-8-15)13-16-11-20-22(14-16)18-5-3-2-4-6-18/h2-11,14H,12-13H2,1H3. The van der Waals surface area contributed by atoms with E-state index < -0.39 is 0 Å². The molecular weight excluding hydrogens is 277 g/mol. The molecule has 0 radical (unpaired) electrons. The smallest absolute Gasteiger partial charge is 0.123 e. The lowest BCUT2D eigenvalue weighted by Crippen LogP contribution is -2.16. The van der Waals surface area contributed by atoms with Crippen LogP contribution in [0.4, 0.5) is 4.39 Å². The molecule has 0 fully saturated rings. The lowest BCUT2D eigenvalue weighted by molar-refractivity contribution is 0.319. The SMILES string of the molecule is CN(Cc1ccc(F)cc1)Cc1cnn(-c2ccccc2)c1. The average molecular weight is 295 g/mol. The van der Waals surface area contributed by atoms with Crippen LogP contribution in [0, 0.1) is 5.82 Å².